The van der Waals surface area contributed by atoms with Crippen LogP contribution in [0.1, 0.15) is 25.7 Å². The number of hydrogen-bond acceptors (Lipinski definition) is 4. The Morgan fingerprint density at radius 2 is 1.78 bits per heavy atom. The van der Waals surface area contributed by atoms with Gasteiger partial charge in [-0.3, -0.25) is 9.78 Å². The first-order valence-corrected chi connectivity index (χ1v) is 10.4. The standard InChI is InChI=1S/C17H22F3N3O3S/c18-17(19,20)15-6-2-1-5-14(15)16(24)22-8-10-23(11-9-22)27(25,26)13-4-3-7-21-12-13/h3-4,7,12,14-15H,1-2,5-6,8-11H2. The number of rotatable bonds is 3. The van der Waals surface area contributed by atoms with Crippen LogP contribution in [0.25, 0.3) is 0 Å². The van der Waals surface area contributed by atoms with Gasteiger partial charge in [0.15, 0.2) is 0 Å². The van der Waals surface area contributed by atoms with E-state index in [9.17, 15) is 26.4 Å². The number of hydrogen-bond donors (Lipinski definition) is 0. The van der Waals surface area contributed by atoms with Crippen molar-refractivity contribution in [1.82, 2.24) is 14.2 Å². The number of pyridine rings is 1. The summed E-state index contributed by atoms with van der Waals surface area (Å²) in [6.07, 6.45) is -0.359. The number of piperazine rings is 1. The average molecular weight is 405 g/mol. The Hall–Kier alpha value is -1.68. The lowest BCUT2D eigenvalue weighted by atomic mass is 9.78. The van der Waals surface area contributed by atoms with Crippen LogP contribution in [-0.4, -0.2) is 60.9 Å². The molecule has 27 heavy (non-hydrogen) atoms. The van der Waals surface area contributed by atoms with Crippen LogP contribution in [0.2, 0.25) is 0 Å². The van der Waals surface area contributed by atoms with Crippen molar-refractivity contribution in [2.24, 2.45) is 11.8 Å². The molecule has 1 aliphatic carbocycles. The highest BCUT2D eigenvalue weighted by Crippen LogP contribution is 2.42. The zero-order valence-electron chi connectivity index (χ0n) is 14.7. The van der Waals surface area contributed by atoms with Crippen LogP contribution in [0.15, 0.2) is 29.4 Å². The molecule has 2 fully saturated rings. The van der Waals surface area contributed by atoms with Crippen molar-refractivity contribution < 1.29 is 26.4 Å². The van der Waals surface area contributed by atoms with Gasteiger partial charge in [-0.2, -0.15) is 17.5 Å². The molecule has 6 nitrogen and oxygen atoms in total. The predicted octanol–water partition coefficient (Wildman–Crippen LogP) is 2.28. The Morgan fingerprint density at radius 3 is 2.37 bits per heavy atom. The van der Waals surface area contributed by atoms with E-state index in [1.165, 1.54) is 33.7 Å². The van der Waals surface area contributed by atoms with Gasteiger partial charge in [0.05, 0.1) is 5.92 Å². The van der Waals surface area contributed by atoms with E-state index < -0.39 is 33.9 Å². The fraction of sp³-hybridized carbons (Fsp3) is 0.647. The molecule has 2 aliphatic rings. The average Bonchev–Trinajstić information content (AvgIpc) is 2.67. The van der Waals surface area contributed by atoms with Gasteiger partial charge in [-0.25, -0.2) is 8.42 Å². The zero-order chi connectivity index (χ0) is 19.7. The summed E-state index contributed by atoms with van der Waals surface area (Å²) in [5.41, 5.74) is 0. The SMILES string of the molecule is O=C(C1CCCCC1C(F)(F)F)N1CCN(S(=O)(=O)c2cccnc2)CC1. The summed E-state index contributed by atoms with van der Waals surface area (Å²) in [4.78, 5) is 17.9. The molecule has 1 aromatic heterocycles. The third kappa shape index (κ3) is 4.26. The number of amides is 1. The highest BCUT2D eigenvalue weighted by molar-refractivity contribution is 7.89. The highest BCUT2D eigenvalue weighted by atomic mass is 32.2. The number of carbonyl (C=O) groups is 1. The van der Waals surface area contributed by atoms with Crippen LogP contribution in [0.4, 0.5) is 13.2 Å². The Balaban J connectivity index is 1.66. The molecule has 150 valence electrons. The third-order valence-corrected chi connectivity index (χ3v) is 7.21. The molecule has 1 amide bonds. The van der Waals surface area contributed by atoms with Crippen molar-refractivity contribution in [3.05, 3.63) is 24.5 Å². The first-order valence-electron chi connectivity index (χ1n) is 8.97. The largest absolute Gasteiger partial charge is 0.392 e. The quantitative estimate of drug-likeness (QED) is 0.774. The smallest absolute Gasteiger partial charge is 0.340 e. The molecule has 0 radical (unpaired) electrons. The van der Waals surface area contributed by atoms with Crippen molar-refractivity contribution >= 4 is 15.9 Å². The monoisotopic (exact) mass is 405 g/mol. The molecule has 1 aromatic rings. The summed E-state index contributed by atoms with van der Waals surface area (Å²) in [6.45, 7) is 0.317. The molecule has 0 aromatic carbocycles. The van der Waals surface area contributed by atoms with E-state index in [0.29, 0.717) is 12.8 Å². The second-order valence-electron chi connectivity index (χ2n) is 6.96. The lowest BCUT2D eigenvalue weighted by Gasteiger charge is -2.39. The van der Waals surface area contributed by atoms with Gasteiger partial charge in [0.2, 0.25) is 15.9 Å². The highest BCUT2D eigenvalue weighted by Gasteiger charge is 2.49. The summed E-state index contributed by atoms with van der Waals surface area (Å²) >= 11 is 0. The van der Waals surface area contributed by atoms with Crippen LogP contribution >= 0.6 is 0 Å². The van der Waals surface area contributed by atoms with E-state index in [1.54, 1.807) is 0 Å². The molecular weight excluding hydrogens is 383 g/mol. The fourth-order valence-electron chi connectivity index (χ4n) is 3.85. The number of carbonyl (C=O) groups excluding carboxylic acids is 1. The molecule has 10 heteroatoms. The van der Waals surface area contributed by atoms with Gasteiger partial charge in [0, 0.05) is 44.5 Å². The fourth-order valence-corrected chi connectivity index (χ4v) is 5.24. The number of alkyl halides is 3. The van der Waals surface area contributed by atoms with E-state index >= 15 is 0 Å². The Kier molecular flexibility index (Phi) is 5.76. The molecule has 1 saturated carbocycles. The molecule has 2 atom stereocenters. The molecule has 0 N–H and O–H groups in total. The van der Waals surface area contributed by atoms with Crippen LogP contribution < -0.4 is 0 Å². The molecule has 2 heterocycles. The first kappa shape index (κ1) is 20.1. The minimum Gasteiger partial charge on any atom is -0.340 e. The molecule has 1 saturated heterocycles. The van der Waals surface area contributed by atoms with Gasteiger partial charge in [0.25, 0.3) is 0 Å². The normalized spacial score (nSPS) is 25.4. The molecule has 0 spiro atoms. The lowest BCUT2D eigenvalue weighted by Crippen LogP contribution is -2.53. The Bertz CT molecular complexity index is 763. The van der Waals surface area contributed by atoms with E-state index in [1.807, 2.05) is 0 Å². The van der Waals surface area contributed by atoms with Crippen LogP contribution in [0.5, 0.6) is 0 Å². The molecule has 3 rings (SSSR count). The number of nitrogens with zero attached hydrogens (tertiary/aromatic N) is 3. The second kappa shape index (κ2) is 7.75. The van der Waals surface area contributed by atoms with Crippen LogP contribution in [0.3, 0.4) is 0 Å². The predicted molar refractivity (Wildman–Crippen MR) is 91.1 cm³/mol. The van der Waals surface area contributed by atoms with E-state index in [2.05, 4.69) is 4.98 Å². The third-order valence-electron chi connectivity index (χ3n) is 5.33. The van der Waals surface area contributed by atoms with Gasteiger partial charge in [0.1, 0.15) is 4.90 Å². The molecule has 0 bridgehead atoms. The maximum atomic E-state index is 13.3. The second-order valence-corrected chi connectivity index (χ2v) is 8.90. The van der Waals surface area contributed by atoms with Crippen molar-refractivity contribution in [3.63, 3.8) is 0 Å². The summed E-state index contributed by atoms with van der Waals surface area (Å²) in [5.74, 6) is -3.16. The van der Waals surface area contributed by atoms with Gasteiger partial charge in [-0.15, -0.1) is 0 Å². The van der Waals surface area contributed by atoms with Crippen molar-refractivity contribution in [2.75, 3.05) is 26.2 Å². The number of aromatic nitrogens is 1. The molecule has 2 unspecified atom stereocenters. The lowest BCUT2D eigenvalue weighted by molar-refractivity contribution is -0.201. The van der Waals surface area contributed by atoms with Crippen molar-refractivity contribution in [1.29, 1.82) is 0 Å². The summed E-state index contributed by atoms with van der Waals surface area (Å²) < 4.78 is 66.2. The van der Waals surface area contributed by atoms with Gasteiger partial charge in [-0.05, 0) is 25.0 Å². The van der Waals surface area contributed by atoms with Crippen molar-refractivity contribution in [2.45, 2.75) is 36.8 Å². The Morgan fingerprint density at radius 1 is 1.11 bits per heavy atom. The summed E-state index contributed by atoms with van der Waals surface area (Å²) in [7, 11) is -3.72. The van der Waals surface area contributed by atoms with Crippen LogP contribution in [0, 0.1) is 11.8 Å². The van der Waals surface area contributed by atoms with Crippen molar-refractivity contribution in [3.8, 4) is 0 Å². The molecular formula is C17H22F3N3O3S. The number of halogens is 3. The van der Waals surface area contributed by atoms with E-state index in [0.717, 1.165) is 0 Å². The zero-order valence-corrected chi connectivity index (χ0v) is 15.5. The summed E-state index contributed by atoms with van der Waals surface area (Å²) in [6, 6.07) is 2.96. The van der Waals surface area contributed by atoms with E-state index in [4.69, 9.17) is 0 Å². The molecule has 1 aliphatic heterocycles. The maximum Gasteiger partial charge on any atom is 0.392 e. The number of sulfonamides is 1. The van der Waals surface area contributed by atoms with Gasteiger partial charge < -0.3 is 4.90 Å². The van der Waals surface area contributed by atoms with Gasteiger partial charge >= 0.3 is 6.18 Å². The van der Waals surface area contributed by atoms with E-state index in [-0.39, 0.29) is 43.9 Å². The Labute approximate surface area is 156 Å². The summed E-state index contributed by atoms with van der Waals surface area (Å²) in [5, 5.41) is 0. The first-order chi connectivity index (χ1) is 12.7. The van der Waals surface area contributed by atoms with Gasteiger partial charge in [-0.1, -0.05) is 12.8 Å². The minimum absolute atomic E-state index is 0.0186. The maximum absolute atomic E-state index is 13.3. The topological polar surface area (TPSA) is 70.6 Å². The minimum atomic E-state index is -4.38. The van der Waals surface area contributed by atoms with Crippen LogP contribution in [-0.2, 0) is 14.8 Å².